The first-order valence-corrected chi connectivity index (χ1v) is 7.29. The van der Waals surface area contributed by atoms with Crippen molar-refractivity contribution in [3.63, 3.8) is 0 Å². The summed E-state index contributed by atoms with van der Waals surface area (Å²) in [4.78, 5) is 16.7. The summed E-state index contributed by atoms with van der Waals surface area (Å²) < 4.78 is 5.66. The summed E-state index contributed by atoms with van der Waals surface area (Å²) in [5.41, 5.74) is 7.13. The van der Waals surface area contributed by atoms with E-state index in [-0.39, 0.29) is 11.9 Å². The zero-order valence-electron chi connectivity index (χ0n) is 12.5. The molecule has 1 saturated heterocycles. The fourth-order valence-electron chi connectivity index (χ4n) is 2.89. The number of nitrogen functional groups attached to an aromatic ring is 1. The zero-order chi connectivity index (χ0) is 15.0. The van der Waals surface area contributed by atoms with Crippen molar-refractivity contribution in [1.82, 2.24) is 9.80 Å². The molecule has 0 atom stereocenters. The van der Waals surface area contributed by atoms with Gasteiger partial charge in [-0.05, 0) is 57.2 Å². The minimum atomic E-state index is -0.0562. The van der Waals surface area contributed by atoms with Crippen LogP contribution in [0.2, 0.25) is 0 Å². The molecule has 2 aromatic rings. The van der Waals surface area contributed by atoms with Gasteiger partial charge < -0.3 is 20.0 Å². The third-order valence-corrected chi connectivity index (χ3v) is 4.31. The molecule has 5 nitrogen and oxygen atoms in total. The number of fused-ring (bicyclic) bond motifs is 1. The second-order valence-corrected chi connectivity index (χ2v) is 5.86. The van der Waals surface area contributed by atoms with E-state index in [4.69, 9.17) is 10.2 Å². The molecule has 112 valence electrons. The minimum Gasteiger partial charge on any atom is -0.451 e. The molecular formula is C16H21N3O2. The van der Waals surface area contributed by atoms with Crippen LogP contribution in [0.1, 0.15) is 23.4 Å². The number of nitrogens with zero attached hydrogens (tertiary/aromatic N) is 2. The molecule has 1 aromatic carbocycles. The van der Waals surface area contributed by atoms with Gasteiger partial charge in [-0.25, -0.2) is 0 Å². The maximum atomic E-state index is 12.6. The highest BCUT2D eigenvalue weighted by atomic mass is 16.3. The van der Waals surface area contributed by atoms with Crippen molar-refractivity contribution in [3.8, 4) is 0 Å². The third kappa shape index (κ3) is 2.74. The molecule has 0 unspecified atom stereocenters. The van der Waals surface area contributed by atoms with Gasteiger partial charge >= 0.3 is 0 Å². The van der Waals surface area contributed by atoms with Gasteiger partial charge in [-0.15, -0.1) is 0 Å². The maximum absolute atomic E-state index is 12.6. The standard InChI is InChI=1S/C16H21N3O2/c1-18-7-5-13(6-8-18)19(2)16(20)15-10-11-9-12(17)3-4-14(11)21-15/h3-4,9-10,13H,5-8,17H2,1-2H3. The van der Waals surface area contributed by atoms with Crippen molar-refractivity contribution in [2.75, 3.05) is 32.9 Å². The van der Waals surface area contributed by atoms with Crippen molar-refractivity contribution < 1.29 is 9.21 Å². The number of anilines is 1. The number of likely N-dealkylation sites (tertiary alicyclic amines) is 1. The summed E-state index contributed by atoms with van der Waals surface area (Å²) in [7, 11) is 3.97. The predicted molar refractivity (Wildman–Crippen MR) is 83.2 cm³/mol. The lowest BCUT2D eigenvalue weighted by atomic mass is 10.0. The third-order valence-electron chi connectivity index (χ3n) is 4.31. The smallest absolute Gasteiger partial charge is 0.289 e. The number of carbonyl (C=O) groups excluding carboxylic acids is 1. The lowest BCUT2D eigenvalue weighted by Gasteiger charge is -2.34. The van der Waals surface area contributed by atoms with Crippen LogP contribution in [0, 0.1) is 0 Å². The van der Waals surface area contributed by atoms with Crippen LogP contribution in [0.4, 0.5) is 5.69 Å². The molecule has 2 N–H and O–H groups in total. The van der Waals surface area contributed by atoms with E-state index >= 15 is 0 Å². The quantitative estimate of drug-likeness (QED) is 0.860. The first kappa shape index (κ1) is 13.9. The molecule has 3 rings (SSSR count). The number of rotatable bonds is 2. The molecule has 0 saturated carbocycles. The Kier molecular flexibility index (Phi) is 3.59. The number of nitrogens with two attached hydrogens (primary N) is 1. The fraction of sp³-hybridized carbons (Fsp3) is 0.438. The number of piperidine rings is 1. The predicted octanol–water partition coefficient (Wildman–Crippen LogP) is 2.18. The number of amides is 1. The van der Waals surface area contributed by atoms with E-state index in [1.165, 1.54) is 0 Å². The van der Waals surface area contributed by atoms with Crippen LogP contribution in [0.5, 0.6) is 0 Å². The number of furan rings is 1. The van der Waals surface area contributed by atoms with E-state index in [1.807, 2.05) is 18.0 Å². The van der Waals surface area contributed by atoms with Crippen molar-refractivity contribution in [2.45, 2.75) is 18.9 Å². The van der Waals surface area contributed by atoms with Crippen molar-refractivity contribution in [1.29, 1.82) is 0 Å². The van der Waals surface area contributed by atoms with Crippen LogP contribution >= 0.6 is 0 Å². The van der Waals surface area contributed by atoms with Crippen LogP contribution in [-0.4, -0.2) is 48.9 Å². The molecule has 0 aliphatic carbocycles. The Hall–Kier alpha value is -2.01. The van der Waals surface area contributed by atoms with E-state index in [0.29, 0.717) is 17.0 Å². The summed E-state index contributed by atoms with van der Waals surface area (Å²) in [5, 5.41) is 0.870. The van der Waals surface area contributed by atoms with Gasteiger partial charge in [0.2, 0.25) is 0 Å². The number of carbonyl (C=O) groups is 1. The monoisotopic (exact) mass is 287 g/mol. The molecule has 1 aliphatic rings. The molecule has 21 heavy (non-hydrogen) atoms. The van der Waals surface area contributed by atoms with Crippen LogP contribution in [0.3, 0.4) is 0 Å². The summed E-state index contributed by atoms with van der Waals surface area (Å²) >= 11 is 0. The lowest BCUT2D eigenvalue weighted by molar-refractivity contribution is 0.0630. The molecule has 5 heteroatoms. The van der Waals surface area contributed by atoms with Gasteiger partial charge in [0.15, 0.2) is 5.76 Å². The highest BCUT2D eigenvalue weighted by Crippen LogP contribution is 2.24. The van der Waals surface area contributed by atoms with E-state index in [2.05, 4.69) is 11.9 Å². The van der Waals surface area contributed by atoms with Gasteiger partial charge in [-0.1, -0.05) is 0 Å². The Balaban J connectivity index is 1.79. The first-order chi connectivity index (χ1) is 10.0. The topological polar surface area (TPSA) is 62.7 Å². The highest BCUT2D eigenvalue weighted by Gasteiger charge is 2.26. The molecule has 1 amide bonds. The van der Waals surface area contributed by atoms with E-state index in [0.717, 1.165) is 31.3 Å². The second kappa shape index (κ2) is 5.41. The molecule has 1 aliphatic heterocycles. The summed E-state index contributed by atoms with van der Waals surface area (Å²) in [6, 6.07) is 7.47. The van der Waals surface area contributed by atoms with Crippen LogP contribution in [-0.2, 0) is 0 Å². The Bertz CT molecular complexity index is 657. The summed E-state index contributed by atoms with van der Waals surface area (Å²) in [6.07, 6.45) is 2.01. The van der Waals surface area contributed by atoms with Gasteiger partial charge in [0.25, 0.3) is 5.91 Å². The summed E-state index contributed by atoms with van der Waals surface area (Å²) in [6.45, 7) is 2.05. The molecule has 0 bridgehead atoms. The molecule has 0 spiro atoms. The van der Waals surface area contributed by atoms with Gasteiger partial charge in [0.1, 0.15) is 5.58 Å². The Morgan fingerprint density at radius 2 is 2.05 bits per heavy atom. The van der Waals surface area contributed by atoms with Crippen molar-refractivity contribution in [3.05, 3.63) is 30.0 Å². The molecule has 1 fully saturated rings. The molecular weight excluding hydrogens is 266 g/mol. The Labute approximate surface area is 124 Å². The van der Waals surface area contributed by atoms with Crippen molar-refractivity contribution in [2.24, 2.45) is 0 Å². The molecule has 0 radical (unpaired) electrons. The highest BCUT2D eigenvalue weighted by molar-refractivity contribution is 5.96. The van der Waals surface area contributed by atoms with Crippen LogP contribution < -0.4 is 5.73 Å². The number of hydrogen-bond donors (Lipinski definition) is 1. The average Bonchev–Trinajstić information content (AvgIpc) is 2.89. The van der Waals surface area contributed by atoms with Crippen LogP contribution in [0.15, 0.2) is 28.7 Å². The minimum absolute atomic E-state index is 0.0562. The Morgan fingerprint density at radius 1 is 1.33 bits per heavy atom. The Morgan fingerprint density at radius 3 is 2.76 bits per heavy atom. The maximum Gasteiger partial charge on any atom is 0.289 e. The van der Waals surface area contributed by atoms with Gasteiger partial charge in [-0.3, -0.25) is 4.79 Å². The normalized spacial score (nSPS) is 17.2. The zero-order valence-corrected chi connectivity index (χ0v) is 12.5. The largest absolute Gasteiger partial charge is 0.451 e. The number of hydrogen-bond acceptors (Lipinski definition) is 4. The SMILES string of the molecule is CN1CCC(N(C)C(=O)c2cc3cc(N)ccc3o2)CC1. The van der Waals surface area contributed by atoms with Gasteiger partial charge in [0, 0.05) is 24.2 Å². The molecule has 2 heterocycles. The first-order valence-electron chi connectivity index (χ1n) is 7.29. The van der Waals surface area contributed by atoms with E-state index in [9.17, 15) is 4.79 Å². The fourth-order valence-corrected chi connectivity index (χ4v) is 2.89. The van der Waals surface area contributed by atoms with Gasteiger partial charge in [0.05, 0.1) is 0 Å². The van der Waals surface area contributed by atoms with E-state index in [1.54, 1.807) is 18.2 Å². The summed E-state index contributed by atoms with van der Waals surface area (Å²) in [5.74, 6) is 0.330. The second-order valence-electron chi connectivity index (χ2n) is 5.86. The van der Waals surface area contributed by atoms with Crippen molar-refractivity contribution >= 4 is 22.6 Å². The lowest BCUT2D eigenvalue weighted by Crippen LogP contribution is -2.44. The molecule has 1 aromatic heterocycles. The average molecular weight is 287 g/mol. The number of benzene rings is 1. The van der Waals surface area contributed by atoms with Gasteiger partial charge in [-0.2, -0.15) is 0 Å². The van der Waals surface area contributed by atoms with E-state index < -0.39 is 0 Å². The van der Waals surface area contributed by atoms with Crippen LogP contribution in [0.25, 0.3) is 11.0 Å².